The minimum Gasteiger partial charge on any atom is -0.497 e. The molecule has 4 rings (SSSR count). The fourth-order valence-electron chi connectivity index (χ4n) is 3.68. The Kier molecular flexibility index (Phi) is 4.75. The summed E-state index contributed by atoms with van der Waals surface area (Å²) in [6.45, 7) is 2.57. The van der Waals surface area contributed by atoms with Crippen molar-refractivity contribution in [3.63, 3.8) is 0 Å². The van der Waals surface area contributed by atoms with Crippen LogP contribution in [0.25, 0.3) is 0 Å². The minimum atomic E-state index is -0.199. The quantitative estimate of drug-likeness (QED) is 0.891. The molecular formula is C20H23N3O4. The van der Waals surface area contributed by atoms with Gasteiger partial charge in [-0.25, -0.2) is 0 Å². The lowest BCUT2D eigenvalue weighted by Crippen LogP contribution is -2.53. The lowest BCUT2D eigenvalue weighted by molar-refractivity contribution is -0.138. The van der Waals surface area contributed by atoms with E-state index in [9.17, 15) is 9.59 Å². The Labute approximate surface area is 157 Å². The molecule has 2 aromatic rings. The van der Waals surface area contributed by atoms with Crippen molar-refractivity contribution in [3.05, 3.63) is 47.8 Å². The first kappa shape index (κ1) is 17.5. The van der Waals surface area contributed by atoms with Crippen LogP contribution in [0.15, 0.2) is 36.5 Å². The van der Waals surface area contributed by atoms with Gasteiger partial charge in [0.05, 0.1) is 13.0 Å². The molecule has 0 unspecified atom stereocenters. The predicted molar refractivity (Wildman–Crippen MR) is 99.0 cm³/mol. The number of H-pyrrole nitrogens is 1. The van der Waals surface area contributed by atoms with Gasteiger partial charge in [-0.15, -0.1) is 0 Å². The number of aromatic nitrogens is 1. The molecule has 2 amide bonds. The topological polar surface area (TPSA) is 74.9 Å². The molecule has 2 aliphatic rings. The number of hydrogen-bond acceptors (Lipinski definition) is 4. The summed E-state index contributed by atoms with van der Waals surface area (Å²) in [5.74, 6) is 1.46. The normalized spacial score (nSPS) is 19.2. The van der Waals surface area contributed by atoms with E-state index in [1.807, 2.05) is 29.2 Å². The van der Waals surface area contributed by atoms with Gasteiger partial charge < -0.3 is 24.3 Å². The molecule has 3 heterocycles. The SMILES string of the molecule is COc1ccc2c(c1)C[C@H](C(=O)N1CCN(C(=O)c3ccc[nH]3)CC1)CO2. The molecule has 142 valence electrons. The number of carbonyl (C=O) groups is 2. The Hall–Kier alpha value is -2.96. The molecule has 1 aromatic carbocycles. The second-order valence-electron chi connectivity index (χ2n) is 6.89. The zero-order valence-corrected chi connectivity index (χ0v) is 15.3. The summed E-state index contributed by atoms with van der Waals surface area (Å²) in [7, 11) is 1.63. The molecule has 0 saturated carbocycles. The lowest BCUT2D eigenvalue weighted by atomic mass is 9.95. The van der Waals surface area contributed by atoms with Gasteiger partial charge in [-0.1, -0.05) is 0 Å². The molecule has 7 heteroatoms. The molecule has 1 aromatic heterocycles. The van der Waals surface area contributed by atoms with E-state index in [0.29, 0.717) is 44.9 Å². The van der Waals surface area contributed by atoms with E-state index in [0.717, 1.165) is 17.1 Å². The number of carbonyl (C=O) groups excluding carboxylic acids is 2. The van der Waals surface area contributed by atoms with E-state index in [1.165, 1.54) is 0 Å². The van der Waals surface area contributed by atoms with Crippen LogP contribution in [0.4, 0.5) is 0 Å². The second kappa shape index (κ2) is 7.34. The molecule has 0 spiro atoms. The standard InChI is InChI=1S/C20H23N3O4/c1-26-16-4-5-18-14(12-16)11-15(13-27-18)19(24)22-7-9-23(10-8-22)20(25)17-3-2-6-21-17/h2-6,12,15,21H,7-11,13H2,1H3/t15-/m0/s1. The Bertz CT molecular complexity index is 826. The molecule has 0 aliphatic carbocycles. The Morgan fingerprint density at radius 2 is 1.93 bits per heavy atom. The zero-order valence-electron chi connectivity index (χ0n) is 15.3. The number of aromatic amines is 1. The van der Waals surface area contributed by atoms with E-state index in [-0.39, 0.29) is 17.7 Å². The van der Waals surface area contributed by atoms with Gasteiger partial charge in [0, 0.05) is 32.4 Å². The molecule has 7 nitrogen and oxygen atoms in total. The summed E-state index contributed by atoms with van der Waals surface area (Å²) < 4.78 is 11.1. The average molecular weight is 369 g/mol. The maximum atomic E-state index is 12.9. The van der Waals surface area contributed by atoms with Crippen molar-refractivity contribution in [2.24, 2.45) is 5.92 Å². The molecule has 1 fully saturated rings. The third-order valence-electron chi connectivity index (χ3n) is 5.23. The first-order valence-electron chi connectivity index (χ1n) is 9.17. The average Bonchev–Trinajstić information content (AvgIpc) is 3.27. The second-order valence-corrected chi connectivity index (χ2v) is 6.89. The number of nitrogens with one attached hydrogen (secondary N) is 1. The summed E-state index contributed by atoms with van der Waals surface area (Å²) in [5, 5.41) is 0. The fourth-order valence-corrected chi connectivity index (χ4v) is 3.68. The summed E-state index contributed by atoms with van der Waals surface area (Å²) in [6, 6.07) is 9.26. The van der Waals surface area contributed by atoms with Crippen molar-refractivity contribution < 1.29 is 19.1 Å². The third-order valence-corrected chi connectivity index (χ3v) is 5.23. The number of nitrogens with zero attached hydrogens (tertiary/aromatic N) is 2. The highest BCUT2D eigenvalue weighted by Gasteiger charge is 2.32. The van der Waals surface area contributed by atoms with Crippen LogP contribution in [-0.2, 0) is 11.2 Å². The summed E-state index contributed by atoms with van der Waals surface area (Å²) in [5.41, 5.74) is 1.58. The number of rotatable bonds is 3. The minimum absolute atomic E-state index is 0.0193. The molecule has 2 aliphatic heterocycles. The van der Waals surface area contributed by atoms with Crippen LogP contribution in [0.2, 0.25) is 0 Å². The number of methoxy groups -OCH3 is 1. The highest BCUT2D eigenvalue weighted by Crippen LogP contribution is 2.31. The van der Waals surface area contributed by atoms with Gasteiger partial charge in [0.2, 0.25) is 5.91 Å². The van der Waals surface area contributed by atoms with E-state index in [2.05, 4.69) is 4.98 Å². The van der Waals surface area contributed by atoms with Crippen molar-refractivity contribution in [2.45, 2.75) is 6.42 Å². The monoisotopic (exact) mass is 369 g/mol. The largest absolute Gasteiger partial charge is 0.497 e. The Morgan fingerprint density at radius 1 is 1.15 bits per heavy atom. The molecule has 27 heavy (non-hydrogen) atoms. The van der Waals surface area contributed by atoms with E-state index in [4.69, 9.17) is 9.47 Å². The van der Waals surface area contributed by atoms with Crippen LogP contribution in [0.3, 0.4) is 0 Å². The lowest BCUT2D eigenvalue weighted by Gasteiger charge is -2.37. The van der Waals surface area contributed by atoms with Gasteiger partial charge in [-0.05, 0) is 42.3 Å². The van der Waals surface area contributed by atoms with Crippen LogP contribution in [0.1, 0.15) is 16.1 Å². The maximum Gasteiger partial charge on any atom is 0.270 e. The van der Waals surface area contributed by atoms with Crippen molar-refractivity contribution in [1.29, 1.82) is 0 Å². The van der Waals surface area contributed by atoms with E-state index < -0.39 is 0 Å². The van der Waals surface area contributed by atoms with Gasteiger partial charge in [-0.2, -0.15) is 0 Å². The van der Waals surface area contributed by atoms with Crippen molar-refractivity contribution >= 4 is 11.8 Å². The number of fused-ring (bicyclic) bond motifs is 1. The highest BCUT2D eigenvalue weighted by molar-refractivity contribution is 5.92. The summed E-state index contributed by atoms with van der Waals surface area (Å²) in [6.07, 6.45) is 2.38. The Morgan fingerprint density at radius 3 is 2.63 bits per heavy atom. The van der Waals surface area contributed by atoms with Gasteiger partial charge in [0.15, 0.2) is 0 Å². The van der Waals surface area contributed by atoms with Crippen LogP contribution in [0, 0.1) is 5.92 Å². The van der Waals surface area contributed by atoms with E-state index in [1.54, 1.807) is 24.3 Å². The number of hydrogen-bond donors (Lipinski definition) is 1. The first-order valence-corrected chi connectivity index (χ1v) is 9.17. The van der Waals surface area contributed by atoms with Crippen molar-refractivity contribution in [1.82, 2.24) is 14.8 Å². The van der Waals surface area contributed by atoms with Crippen LogP contribution in [-0.4, -0.2) is 66.5 Å². The van der Waals surface area contributed by atoms with E-state index >= 15 is 0 Å². The van der Waals surface area contributed by atoms with Gasteiger partial charge in [0.1, 0.15) is 23.8 Å². The first-order chi connectivity index (χ1) is 13.2. The maximum absolute atomic E-state index is 12.9. The van der Waals surface area contributed by atoms with Crippen molar-refractivity contribution in [3.8, 4) is 11.5 Å². The summed E-state index contributed by atoms with van der Waals surface area (Å²) >= 11 is 0. The van der Waals surface area contributed by atoms with Gasteiger partial charge in [-0.3, -0.25) is 9.59 Å². The summed E-state index contributed by atoms with van der Waals surface area (Å²) in [4.78, 5) is 31.9. The third kappa shape index (κ3) is 3.49. The molecular weight excluding hydrogens is 346 g/mol. The molecule has 1 saturated heterocycles. The van der Waals surface area contributed by atoms with Gasteiger partial charge in [0.25, 0.3) is 5.91 Å². The van der Waals surface area contributed by atoms with Crippen LogP contribution >= 0.6 is 0 Å². The number of ether oxygens (including phenoxy) is 2. The fraction of sp³-hybridized carbons (Fsp3) is 0.400. The highest BCUT2D eigenvalue weighted by atomic mass is 16.5. The Balaban J connectivity index is 1.36. The molecule has 0 radical (unpaired) electrons. The smallest absolute Gasteiger partial charge is 0.270 e. The van der Waals surface area contributed by atoms with Crippen LogP contribution in [0.5, 0.6) is 11.5 Å². The molecule has 1 N–H and O–H groups in total. The molecule has 1 atom stereocenters. The van der Waals surface area contributed by atoms with Gasteiger partial charge >= 0.3 is 0 Å². The predicted octanol–water partition coefficient (Wildman–Crippen LogP) is 1.56. The number of piperazine rings is 1. The number of amides is 2. The van der Waals surface area contributed by atoms with Crippen LogP contribution < -0.4 is 9.47 Å². The number of benzene rings is 1. The van der Waals surface area contributed by atoms with Crippen molar-refractivity contribution in [2.75, 3.05) is 39.9 Å². The molecule has 0 bridgehead atoms. The zero-order chi connectivity index (χ0) is 18.8.